The molecule has 1 saturated heterocycles. The van der Waals surface area contributed by atoms with Crippen LogP contribution in [0.15, 0.2) is 23.2 Å². The minimum atomic E-state index is -2.89. The molecule has 1 heterocycles. The third kappa shape index (κ3) is 9.79. The highest BCUT2D eigenvalue weighted by Gasteiger charge is 2.12. The Labute approximate surface area is 189 Å². The van der Waals surface area contributed by atoms with Crippen LogP contribution in [0.5, 0.6) is 11.5 Å². The van der Waals surface area contributed by atoms with Gasteiger partial charge in [0.1, 0.15) is 0 Å². The van der Waals surface area contributed by atoms with Gasteiger partial charge < -0.3 is 25.0 Å². The zero-order valence-electron chi connectivity index (χ0n) is 17.3. The molecule has 1 aromatic rings. The van der Waals surface area contributed by atoms with Crippen LogP contribution < -0.4 is 20.1 Å². The summed E-state index contributed by atoms with van der Waals surface area (Å²) in [7, 11) is 3.13. The highest BCUT2D eigenvalue weighted by molar-refractivity contribution is 14.0. The Morgan fingerprint density at radius 3 is 2.48 bits per heavy atom. The molecule has 9 heteroatoms. The number of alkyl halides is 2. The Balaban J connectivity index is 0.00000420. The molecule has 0 aliphatic carbocycles. The Morgan fingerprint density at radius 1 is 1.14 bits per heavy atom. The smallest absolute Gasteiger partial charge is 0.387 e. The van der Waals surface area contributed by atoms with Gasteiger partial charge in [-0.05, 0) is 56.6 Å². The van der Waals surface area contributed by atoms with Crippen LogP contribution in [0.25, 0.3) is 0 Å². The Morgan fingerprint density at radius 2 is 1.86 bits per heavy atom. The molecule has 1 aromatic carbocycles. The van der Waals surface area contributed by atoms with Gasteiger partial charge in [0.2, 0.25) is 0 Å². The number of guanidine groups is 1. The van der Waals surface area contributed by atoms with Crippen LogP contribution in [0.4, 0.5) is 8.78 Å². The predicted molar refractivity (Wildman–Crippen MR) is 123 cm³/mol. The van der Waals surface area contributed by atoms with E-state index in [0.717, 1.165) is 25.1 Å². The largest absolute Gasteiger partial charge is 0.493 e. The molecule has 2 N–H and O–H groups in total. The molecule has 0 bridgehead atoms. The van der Waals surface area contributed by atoms with Gasteiger partial charge >= 0.3 is 6.61 Å². The first-order valence-electron chi connectivity index (χ1n) is 9.91. The van der Waals surface area contributed by atoms with Crippen LogP contribution >= 0.6 is 24.0 Å². The first kappa shape index (κ1) is 25.7. The summed E-state index contributed by atoms with van der Waals surface area (Å²) < 4.78 is 34.7. The minimum Gasteiger partial charge on any atom is -0.493 e. The molecule has 0 radical (unpaired) electrons. The maximum atomic E-state index is 12.5. The molecule has 0 saturated carbocycles. The lowest BCUT2D eigenvalue weighted by atomic mass is 10.2. The van der Waals surface area contributed by atoms with E-state index in [1.807, 2.05) is 0 Å². The summed E-state index contributed by atoms with van der Waals surface area (Å²) in [6.07, 6.45) is 6.35. The SMILES string of the molecule is CN=C(NCCCN1CCCCCC1)NCc1ccc(OC)c(OC(F)F)c1.I. The van der Waals surface area contributed by atoms with Crippen molar-refractivity contribution in [3.05, 3.63) is 23.8 Å². The van der Waals surface area contributed by atoms with E-state index in [1.54, 1.807) is 25.2 Å². The van der Waals surface area contributed by atoms with Gasteiger partial charge in [0, 0.05) is 20.1 Å². The molecule has 166 valence electrons. The molecule has 1 aliphatic rings. The summed E-state index contributed by atoms with van der Waals surface area (Å²) in [5.41, 5.74) is 0.795. The number of hydrogen-bond donors (Lipinski definition) is 2. The Kier molecular flexibility index (Phi) is 12.9. The van der Waals surface area contributed by atoms with Crippen molar-refractivity contribution in [3.63, 3.8) is 0 Å². The number of rotatable bonds is 9. The van der Waals surface area contributed by atoms with Gasteiger partial charge in [-0.2, -0.15) is 8.78 Å². The Bertz CT molecular complexity index is 612. The van der Waals surface area contributed by atoms with Crippen molar-refractivity contribution in [1.82, 2.24) is 15.5 Å². The molecule has 0 unspecified atom stereocenters. The molecule has 0 spiro atoms. The third-order valence-corrected chi connectivity index (χ3v) is 4.77. The average molecular weight is 526 g/mol. The van der Waals surface area contributed by atoms with E-state index < -0.39 is 6.61 Å². The van der Waals surface area contributed by atoms with Crippen molar-refractivity contribution >= 4 is 29.9 Å². The highest BCUT2D eigenvalue weighted by atomic mass is 127. The van der Waals surface area contributed by atoms with Gasteiger partial charge in [0.25, 0.3) is 0 Å². The third-order valence-electron chi connectivity index (χ3n) is 4.77. The average Bonchev–Trinajstić information content (AvgIpc) is 2.96. The van der Waals surface area contributed by atoms with Crippen molar-refractivity contribution in [2.75, 3.05) is 40.3 Å². The van der Waals surface area contributed by atoms with Gasteiger partial charge in [-0.15, -0.1) is 24.0 Å². The molecule has 1 aliphatic heterocycles. The van der Waals surface area contributed by atoms with Crippen LogP contribution in [0.2, 0.25) is 0 Å². The molecular weight excluding hydrogens is 493 g/mol. The molecule has 0 aromatic heterocycles. The number of halogens is 3. The fourth-order valence-electron chi connectivity index (χ4n) is 3.29. The zero-order valence-corrected chi connectivity index (χ0v) is 19.6. The molecule has 0 amide bonds. The molecular formula is C20H33F2IN4O2. The van der Waals surface area contributed by atoms with Crippen molar-refractivity contribution in [2.45, 2.75) is 45.3 Å². The number of hydrogen-bond acceptors (Lipinski definition) is 4. The number of likely N-dealkylation sites (tertiary alicyclic amines) is 1. The van der Waals surface area contributed by atoms with Crippen molar-refractivity contribution in [1.29, 1.82) is 0 Å². The number of nitrogens with one attached hydrogen (secondary N) is 2. The molecule has 2 rings (SSSR count). The van der Waals surface area contributed by atoms with Gasteiger partial charge in [0.05, 0.1) is 7.11 Å². The second kappa shape index (κ2) is 14.6. The van der Waals surface area contributed by atoms with E-state index in [-0.39, 0.29) is 35.5 Å². The van der Waals surface area contributed by atoms with Gasteiger partial charge in [0.15, 0.2) is 17.5 Å². The number of ether oxygens (including phenoxy) is 2. The summed E-state index contributed by atoms with van der Waals surface area (Å²) in [4.78, 5) is 6.75. The number of methoxy groups -OCH3 is 1. The number of aliphatic imine (C=N–C) groups is 1. The normalized spacial score (nSPS) is 15.4. The fraction of sp³-hybridized carbons (Fsp3) is 0.650. The second-order valence-corrected chi connectivity index (χ2v) is 6.83. The predicted octanol–water partition coefficient (Wildman–Crippen LogP) is 3.85. The topological polar surface area (TPSA) is 58.1 Å². The lowest BCUT2D eigenvalue weighted by Crippen LogP contribution is -2.38. The standard InChI is InChI=1S/C20H32F2N4O2.HI/c1-23-20(24-10-7-13-26-11-5-3-4-6-12-26)25-15-16-8-9-17(27-2)18(14-16)28-19(21)22;/h8-9,14,19H,3-7,10-13,15H2,1-2H3,(H2,23,24,25);1H. The van der Waals surface area contributed by atoms with Crippen molar-refractivity contribution in [2.24, 2.45) is 4.99 Å². The molecule has 1 fully saturated rings. The minimum absolute atomic E-state index is 0. The van der Waals surface area contributed by atoms with Gasteiger partial charge in [-0.25, -0.2) is 0 Å². The van der Waals surface area contributed by atoms with Crippen LogP contribution in [0.1, 0.15) is 37.7 Å². The lowest BCUT2D eigenvalue weighted by molar-refractivity contribution is -0.0512. The molecule has 29 heavy (non-hydrogen) atoms. The lowest BCUT2D eigenvalue weighted by Gasteiger charge is -2.20. The van der Waals surface area contributed by atoms with E-state index in [0.29, 0.717) is 12.5 Å². The van der Waals surface area contributed by atoms with Crippen LogP contribution in [0, 0.1) is 0 Å². The Hall–Kier alpha value is -1.36. The first-order chi connectivity index (χ1) is 13.6. The van der Waals surface area contributed by atoms with Gasteiger partial charge in [-0.3, -0.25) is 4.99 Å². The quantitative estimate of drug-likeness (QED) is 0.222. The zero-order chi connectivity index (χ0) is 20.2. The first-order valence-corrected chi connectivity index (χ1v) is 9.91. The van der Waals surface area contributed by atoms with E-state index in [1.165, 1.54) is 45.9 Å². The summed E-state index contributed by atoms with van der Waals surface area (Å²) in [6, 6.07) is 4.97. The summed E-state index contributed by atoms with van der Waals surface area (Å²) in [6.45, 7) is 1.88. The maximum absolute atomic E-state index is 12.5. The second-order valence-electron chi connectivity index (χ2n) is 6.83. The molecule has 0 atom stereocenters. The van der Waals surface area contributed by atoms with Crippen molar-refractivity contribution in [3.8, 4) is 11.5 Å². The van der Waals surface area contributed by atoms with Crippen molar-refractivity contribution < 1.29 is 18.3 Å². The van der Waals surface area contributed by atoms with E-state index in [4.69, 9.17) is 4.74 Å². The number of nitrogens with zero attached hydrogens (tertiary/aromatic N) is 2. The maximum Gasteiger partial charge on any atom is 0.387 e. The highest BCUT2D eigenvalue weighted by Crippen LogP contribution is 2.29. The summed E-state index contributed by atoms with van der Waals surface area (Å²) >= 11 is 0. The van der Waals surface area contributed by atoms with E-state index >= 15 is 0 Å². The van der Waals surface area contributed by atoms with Gasteiger partial charge in [-0.1, -0.05) is 18.9 Å². The monoisotopic (exact) mass is 526 g/mol. The van der Waals surface area contributed by atoms with Crippen LogP contribution in [-0.2, 0) is 6.54 Å². The summed E-state index contributed by atoms with van der Waals surface area (Å²) in [5, 5.41) is 6.49. The van der Waals surface area contributed by atoms with Crippen LogP contribution in [0.3, 0.4) is 0 Å². The van der Waals surface area contributed by atoms with E-state index in [9.17, 15) is 8.78 Å². The van der Waals surface area contributed by atoms with E-state index in [2.05, 4.69) is 25.3 Å². The summed E-state index contributed by atoms with van der Waals surface area (Å²) in [5.74, 6) is 0.986. The molecule has 6 nitrogen and oxygen atoms in total. The fourth-order valence-corrected chi connectivity index (χ4v) is 3.29. The number of benzene rings is 1. The van der Waals surface area contributed by atoms with Crippen LogP contribution in [-0.4, -0.2) is 57.8 Å².